The highest BCUT2D eigenvalue weighted by Crippen LogP contribution is 2.01. The van der Waals surface area contributed by atoms with Crippen molar-refractivity contribution in [3.8, 4) is 0 Å². The second-order valence-corrected chi connectivity index (χ2v) is 2.07. The molecule has 0 fully saturated rings. The highest BCUT2D eigenvalue weighted by atomic mass is 35.5. The molecule has 0 aromatic carbocycles. The van der Waals surface area contributed by atoms with Gasteiger partial charge in [0.25, 0.3) is 0 Å². The largest absolute Gasteiger partial charge is 0.332 e. The van der Waals surface area contributed by atoms with Gasteiger partial charge >= 0.3 is 0 Å². The summed E-state index contributed by atoms with van der Waals surface area (Å²) in [5.74, 6) is 0. The molecule has 0 saturated heterocycles. The van der Waals surface area contributed by atoms with Gasteiger partial charge in [-0.2, -0.15) is 0 Å². The molecule has 0 aliphatic rings. The fourth-order valence-corrected chi connectivity index (χ4v) is 0.751. The summed E-state index contributed by atoms with van der Waals surface area (Å²) in [6.45, 7) is 4.34. The zero-order valence-electron chi connectivity index (χ0n) is 4.92. The quantitative estimate of drug-likeness (QED) is 0.575. The highest BCUT2D eigenvalue weighted by Gasteiger charge is 1.89. The molecule has 0 spiro atoms. The Balaban J connectivity index is 2.72. The van der Waals surface area contributed by atoms with Crippen molar-refractivity contribution in [1.29, 1.82) is 0 Å². The first kappa shape index (κ1) is 6.36. The van der Waals surface area contributed by atoms with Crippen LogP contribution in [0.25, 0.3) is 0 Å². The fourth-order valence-electron chi connectivity index (χ4n) is 0.582. The van der Waals surface area contributed by atoms with Gasteiger partial charge in [-0.25, -0.2) is 4.98 Å². The minimum atomic E-state index is 0.525. The first-order valence-electron chi connectivity index (χ1n) is 2.61. The van der Waals surface area contributed by atoms with E-state index >= 15 is 0 Å². The minimum absolute atomic E-state index is 0.525. The predicted molar refractivity (Wildman–Crippen MR) is 37.4 cm³/mol. The maximum absolute atomic E-state index is 5.53. The lowest BCUT2D eigenvalue weighted by Crippen LogP contribution is -1.87. The number of aromatic nitrogens is 2. The zero-order chi connectivity index (χ0) is 6.69. The van der Waals surface area contributed by atoms with Crippen LogP contribution in [0.15, 0.2) is 25.2 Å². The Kier molecular flexibility index (Phi) is 1.90. The van der Waals surface area contributed by atoms with Crippen LogP contribution in [0.4, 0.5) is 0 Å². The first-order chi connectivity index (χ1) is 4.33. The molecular weight excluding hydrogens is 136 g/mol. The number of hydrogen-bond acceptors (Lipinski definition) is 1. The Bertz CT molecular complexity index is 205. The molecule has 0 bridgehead atoms. The van der Waals surface area contributed by atoms with Crippen LogP contribution in [0.5, 0.6) is 0 Å². The molecule has 0 saturated carbocycles. The van der Waals surface area contributed by atoms with Crippen LogP contribution in [0, 0.1) is 0 Å². The van der Waals surface area contributed by atoms with Crippen LogP contribution in [0.1, 0.15) is 0 Å². The topological polar surface area (TPSA) is 17.8 Å². The molecule has 0 radical (unpaired) electrons. The monoisotopic (exact) mass is 142 g/mol. The number of hydrogen-bond donors (Lipinski definition) is 0. The predicted octanol–water partition coefficient (Wildman–Crippen LogP) is 1.72. The first-order valence-corrected chi connectivity index (χ1v) is 2.99. The van der Waals surface area contributed by atoms with E-state index < -0.39 is 0 Å². The Morgan fingerprint density at radius 3 is 3.11 bits per heavy atom. The molecule has 1 heterocycles. The van der Waals surface area contributed by atoms with Crippen LogP contribution >= 0.6 is 11.6 Å². The summed E-state index contributed by atoms with van der Waals surface area (Å²) in [6, 6.07) is 0. The van der Waals surface area contributed by atoms with Crippen molar-refractivity contribution in [3.05, 3.63) is 30.3 Å². The third kappa shape index (κ3) is 1.57. The molecular formula is C6H7ClN2. The lowest BCUT2D eigenvalue weighted by atomic mass is 10.6. The van der Waals surface area contributed by atoms with E-state index in [1.54, 1.807) is 18.6 Å². The van der Waals surface area contributed by atoms with E-state index in [0.717, 1.165) is 6.54 Å². The molecule has 1 aromatic rings. The van der Waals surface area contributed by atoms with E-state index in [2.05, 4.69) is 11.6 Å². The number of nitrogens with zero attached hydrogens (tertiary/aromatic N) is 2. The van der Waals surface area contributed by atoms with E-state index in [0.29, 0.717) is 5.15 Å². The maximum Gasteiger partial charge on any atom is 0.146 e. The van der Waals surface area contributed by atoms with E-state index in [1.165, 1.54) is 0 Å². The Labute approximate surface area is 58.8 Å². The smallest absolute Gasteiger partial charge is 0.146 e. The zero-order valence-corrected chi connectivity index (χ0v) is 5.67. The van der Waals surface area contributed by atoms with Crippen molar-refractivity contribution >= 4 is 11.6 Å². The molecule has 0 amide bonds. The average Bonchev–Trinajstić information content (AvgIpc) is 2.17. The van der Waals surface area contributed by atoms with Crippen molar-refractivity contribution in [1.82, 2.24) is 9.55 Å². The third-order valence-corrected chi connectivity index (χ3v) is 1.14. The lowest BCUT2D eigenvalue weighted by molar-refractivity contribution is 0.822. The SMILES string of the molecule is C=CCn1cnc(Cl)c1. The van der Waals surface area contributed by atoms with E-state index in [4.69, 9.17) is 11.6 Å². The third-order valence-electron chi connectivity index (χ3n) is 0.942. The summed E-state index contributed by atoms with van der Waals surface area (Å²) in [6.07, 6.45) is 5.21. The van der Waals surface area contributed by atoms with Gasteiger partial charge in [-0.05, 0) is 0 Å². The van der Waals surface area contributed by atoms with Crippen LogP contribution in [-0.2, 0) is 6.54 Å². The van der Waals surface area contributed by atoms with Gasteiger partial charge in [-0.3, -0.25) is 0 Å². The summed E-state index contributed by atoms with van der Waals surface area (Å²) in [4.78, 5) is 3.82. The summed E-state index contributed by atoms with van der Waals surface area (Å²) in [7, 11) is 0. The van der Waals surface area contributed by atoms with Gasteiger partial charge < -0.3 is 4.57 Å². The molecule has 0 N–H and O–H groups in total. The van der Waals surface area contributed by atoms with Crippen molar-refractivity contribution in [3.63, 3.8) is 0 Å². The minimum Gasteiger partial charge on any atom is -0.332 e. The number of imidazole rings is 1. The number of rotatable bonds is 2. The molecule has 0 aliphatic carbocycles. The number of halogens is 1. The normalized spacial score (nSPS) is 9.44. The molecule has 3 heteroatoms. The van der Waals surface area contributed by atoms with Gasteiger partial charge in [-0.15, -0.1) is 6.58 Å². The van der Waals surface area contributed by atoms with Crippen LogP contribution < -0.4 is 0 Å². The fraction of sp³-hybridized carbons (Fsp3) is 0.167. The van der Waals surface area contributed by atoms with Gasteiger partial charge in [-0.1, -0.05) is 17.7 Å². The molecule has 48 valence electrons. The molecule has 0 unspecified atom stereocenters. The van der Waals surface area contributed by atoms with Gasteiger partial charge in [0.1, 0.15) is 5.15 Å². The second-order valence-electron chi connectivity index (χ2n) is 1.68. The summed E-state index contributed by atoms with van der Waals surface area (Å²) < 4.78 is 1.86. The van der Waals surface area contributed by atoms with Gasteiger partial charge in [0.05, 0.1) is 6.33 Å². The van der Waals surface area contributed by atoms with Crippen LogP contribution in [0.3, 0.4) is 0 Å². The molecule has 0 aliphatic heterocycles. The van der Waals surface area contributed by atoms with E-state index in [9.17, 15) is 0 Å². The Hall–Kier alpha value is -0.760. The van der Waals surface area contributed by atoms with Crippen molar-refractivity contribution in [2.24, 2.45) is 0 Å². The Morgan fingerprint density at radius 2 is 2.67 bits per heavy atom. The van der Waals surface area contributed by atoms with Crippen molar-refractivity contribution < 1.29 is 0 Å². The Morgan fingerprint density at radius 1 is 1.89 bits per heavy atom. The van der Waals surface area contributed by atoms with Gasteiger partial charge in [0.2, 0.25) is 0 Å². The van der Waals surface area contributed by atoms with Gasteiger partial charge in [0.15, 0.2) is 0 Å². The number of allylic oxidation sites excluding steroid dienone is 1. The summed E-state index contributed by atoms with van der Waals surface area (Å²) >= 11 is 5.53. The molecule has 2 nitrogen and oxygen atoms in total. The average molecular weight is 143 g/mol. The van der Waals surface area contributed by atoms with E-state index in [1.807, 2.05) is 4.57 Å². The second kappa shape index (κ2) is 2.69. The molecule has 0 atom stereocenters. The van der Waals surface area contributed by atoms with E-state index in [-0.39, 0.29) is 0 Å². The summed E-state index contributed by atoms with van der Waals surface area (Å²) in [5, 5.41) is 0.525. The van der Waals surface area contributed by atoms with Gasteiger partial charge in [0, 0.05) is 12.7 Å². The van der Waals surface area contributed by atoms with Crippen molar-refractivity contribution in [2.45, 2.75) is 6.54 Å². The van der Waals surface area contributed by atoms with Crippen LogP contribution in [0.2, 0.25) is 5.15 Å². The summed E-state index contributed by atoms with van der Waals surface area (Å²) in [5.41, 5.74) is 0. The molecule has 1 rings (SSSR count). The van der Waals surface area contributed by atoms with Crippen LogP contribution in [-0.4, -0.2) is 9.55 Å². The maximum atomic E-state index is 5.53. The lowest BCUT2D eigenvalue weighted by Gasteiger charge is -1.90. The highest BCUT2D eigenvalue weighted by molar-refractivity contribution is 6.29. The molecule has 1 aromatic heterocycles. The standard InChI is InChI=1S/C6H7ClN2/c1-2-3-9-4-6(7)8-5-9/h2,4-5H,1,3H2. The van der Waals surface area contributed by atoms with Crippen molar-refractivity contribution in [2.75, 3.05) is 0 Å². The molecule has 9 heavy (non-hydrogen) atoms.